The van der Waals surface area contributed by atoms with Crippen molar-refractivity contribution in [2.75, 3.05) is 32.2 Å². The molecule has 2 aliphatic rings. The van der Waals surface area contributed by atoms with Gasteiger partial charge in [0.2, 0.25) is 0 Å². The molecule has 1 N–H and O–H groups in total. The number of rotatable bonds is 5. The lowest BCUT2D eigenvalue weighted by molar-refractivity contribution is -0.148. The molecule has 1 saturated carbocycles. The SMILES string of the molecule is CCNC1(C(=O)OC)CCC(N(C)C2CCS(=O)(=O)C2)C1. The van der Waals surface area contributed by atoms with E-state index in [4.69, 9.17) is 4.74 Å². The number of likely N-dealkylation sites (N-methyl/N-ethyl adjacent to an activating group) is 1. The number of sulfone groups is 1. The van der Waals surface area contributed by atoms with Gasteiger partial charge in [-0.2, -0.15) is 0 Å². The predicted molar refractivity (Wildman–Crippen MR) is 80.9 cm³/mol. The third-order valence-electron chi connectivity index (χ3n) is 4.94. The minimum absolute atomic E-state index is 0.0788. The second-order valence-electron chi connectivity index (χ2n) is 6.22. The van der Waals surface area contributed by atoms with Crippen molar-refractivity contribution in [3.63, 3.8) is 0 Å². The molecule has 122 valence electrons. The summed E-state index contributed by atoms with van der Waals surface area (Å²) in [5.41, 5.74) is -0.611. The molecule has 0 amide bonds. The second kappa shape index (κ2) is 6.22. The molecule has 0 aromatic carbocycles. The molecule has 1 aliphatic heterocycles. The number of hydrogen-bond acceptors (Lipinski definition) is 6. The highest BCUT2D eigenvalue weighted by atomic mass is 32.2. The zero-order valence-electron chi connectivity index (χ0n) is 13.1. The van der Waals surface area contributed by atoms with Crippen LogP contribution in [0.2, 0.25) is 0 Å². The minimum Gasteiger partial charge on any atom is -0.468 e. The molecular formula is C14H26N2O4S. The van der Waals surface area contributed by atoms with Crippen molar-refractivity contribution in [1.29, 1.82) is 0 Å². The summed E-state index contributed by atoms with van der Waals surface area (Å²) < 4.78 is 28.2. The monoisotopic (exact) mass is 318 g/mol. The first-order valence-corrected chi connectivity index (χ1v) is 9.41. The van der Waals surface area contributed by atoms with Gasteiger partial charge in [0, 0.05) is 12.1 Å². The van der Waals surface area contributed by atoms with Crippen LogP contribution in [0.3, 0.4) is 0 Å². The maximum Gasteiger partial charge on any atom is 0.326 e. The van der Waals surface area contributed by atoms with Crippen molar-refractivity contribution in [1.82, 2.24) is 10.2 Å². The van der Waals surface area contributed by atoms with Crippen LogP contribution in [-0.2, 0) is 19.4 Å². The van der Waals surface area contributed by atoms with Crippen LogP contribution in [0.4, 0.5) is 0 Å². The molecule has 0 aromatic rings. The van der Waals surface area contributed by atoms with Gasteiger partial charge >= 0.3 is 5.97 Å². The highest BCUT2D eigenvalue weighted by Gasteiger charge is 2.48. The molecule has 0 radical (unpaired) electrons. The molecule has 0 spiro atoms. The van der Waals surface area contributed by atoms with Crippen LogP contribution in [0, 0.1) is 0 Å². The largest absolute Gasteiger partial charge is 0.468 e. The molecule has 2 fully saturated rings. The summed E-state index contributed by atoms with van der Waals surface area (Å²) >= 11 is 0. The number of nitrogens with zero attached hydrogens (tertiary/aromatic N) is 1. The predicted octanol–water partition coefficient (Wildman–Crippen LogP) is 0.179. The fourth-order valence-corrected chi connectivity index (χ4v) is 5.50. The van der Waals surface area contributed by atoms with Crippen LogP contribution in [0.25, 0.3) is 0 Å². The maximum atomic E-state index is 12.1. The number of esters is 1. The van der Waals surface area contributed by atoms with Crippen LogP contribution < -0.4 is 5.32 Å². The van der Waals surface area contributed by atoms with E-state index >= 15 is 0 Å². The van der Waals surface area contributed by atoms with Crippen molar-refractivity contribution < 1.29 is 17.9 Å². The number of ether oxygens (including phenoxy) is 1. The molecule has 1 aliphatic carbocycles. The zero-order chi connectivity index (χ0) is 15.7. The molecule has 7 heteroatoms. The van der Waals surface area contributed by atoms with E-state index in [2.05, 4.69) is 10.2 Å². The molecule has 2 rings (SSSR count). The zero-order valence-corrected chi connectivity index (χ0v) is 13.9. The highest BCUT2D eigenvalue weighted by Crippen LogP contribution is 2.35. The first-order valence-electron chi connectivity index (χ1n) is 7.59. The Hall–Kier alpha value is -0.660. The topological polar surface area (TPSA) is 75.7 Å². The standard InChI is InChI=1S/C14H26N2O4S/c1-4-15-14(13(17)20-3)7-5-11(9-14)16(2)12-6-8-21(18,19)10-12/h11-12,15H,4-10H2,1-3H3. The number of carbonyl (C=O) groups is 1. The third-order valence-corrected chi connectivity index (χ3v) is 6.69. The average Bonchev–Trinajstić information content (AvgIpc) is 3.02. The molecule has 0 bridgehead atoms. The smallest absolute Gasteiger partial charge is 0.326 e. The number of nitrogens with one attached hydrogen (secondary N) is 1. The van der Waals surface area contributed by atoms with Gasteiger partial charge in [-0.05, 0) is 39.3 Å². The summed E-state index contributed by atoms with van der Waals surface area (Å²) in [4.78, 5) is 14.3. The van der Waals surface area contributed by atoms with E-state index in [-0.39, 0.29) is 29.6 Å². The van der Waals surface area contributed by atoms with Crippen molar-refractivity contribution in [2.45, 2.75) is 50.2 Å². The van der Waals surface area contributed by atoms with Crippen LogP contribution in [0.15, 0.2) is 0 Å². The van der Waals surface area contributed by atoms with E-state index in [1.807, 2.05) is 14.0 Å². The van der Waals surface area contributed by atoms with Gasteiger partial charge in [-0.15, -0.1) is 0 Å². The van der Waals surface area contributed by atoms with Gasteiger partial charge in [-0.1, -0.05) is 6.92 Å². The molecule has 1 saturated heterocycles. The van der Waals surface area contributed by atoms with Crippen molar-refractivity contribution in [3.05, 3.63) is 0 Å². The normalized spacial score (nSPS) is 35.2. The lowest BCUT2D eigenvalue weighted by atomic mass is 9.97. The van der Waals surface area contributed by atoms with Gasteiger partial charge < -0.3 is 10.1 Å². The van der Waals surface area contributed by atoms with Gasteiger partial charge in [0.1, 0.15) is 5.54 Å². The lowest BCUT2D eigenvalue weighted by Crippen LogP contribution is -2.52. The maximum absolute atomic E-state index is 12.1. The van der Waals surface area contributed by atoms with Gasteiger partial charge in [-0.25, -0.2) is 8.42 Å². The highest BCUT2D eigenvalue weighted by molar-refractivity contribution is 7.91. The fraction of sp³-hybridized carbons (Fsp3) is 0.929. The summed E-state index contributed by atoms with van der Waals surface area (Å²) in [5.74, 6) is 0.315. The van der Waals surface area contributed by atoms with Crippen LogP contribution in [-0.4, -0.2) is 69.1 Å². The Morgan fingerprint density at radius 1 is 1.38 bits per heavy atom. The van der Waals surface area contributed by atoms with E-state index < -0.39 is 15.4 Å². The fourth-order valence-electron chi connectivity index (χ4n) is 3.71. The van der Waals surface area contributed by atoms with E-state index in [0.29, 0.717) is 19.4 Å². The number of methoxy groups -OCH3 is 1. The Morgan fingerprint density at radius 2 is 2.10 bits per heavy atom. The molecule has 6 nitrogen and oxygen atoms in total. The Bertz CT molecular complexity index is 493. The van der Waals surface area contributed by atoms with Gasteiger partial charge in [0.15, 0.2) is 9.84 Å². The number of hydrogen-bond donors (Lipinski definition) is 1. The molecule has 0 aromatic heterocycles. The summed E-state index contributed by atoms with van der Waals surface area (Å²) in [5, 5.41) is 3.28. The molecular weight excluding hydrogens is 292 g/mol. The Balaban J connectivity index is 2.05. The van der Waals surface area contributed by atoms with Crippen LogP contribution in [0.5, 0.6) is 0 Å². The summed E-state index contributed by atoms with van der Waals surface area (Å²) in [6.45, 7) is 2.69. The van der Waals surface area contributed by atoms with Crippen molar-refractivity contribution in [3.8, 4) is 0 Å². The summed E-state index contributed by atoms with van der Waals surface area (Å²) in [6.07, 6.45) is 3.00. The summed E-state index contributed by atoms with van der Waals surface area (Å²) in [6, 6.07) is 0.302. The van der Waals surface area contributed by atoms with E-state index in [1.165, 1.54) is 7.11 Å². The molecule has 3 atom stereocenters. The number of carbonyl (C=O) groups excluding carboxylic acids is 1. The van der Waals surface area contributed by atoms with Gasteiger partial charge in [0.25, 0.3) is 0 Å². The van der Waals surface area contributed by atoms with Crippen LogP contribution >= 0.6 is 0 Å². The first kappa shape index (κ1) is 16.7. The Morgan fingerprint density at radius 3 is 2.62 bits per heavy atom. The van der Waals surface area contributed by atoms with Crippen LogP contribution in [0.1, 0.15) is 32.6 Å². The minimum atomic E-state index is -2.88. The molecule has 3 unspecified atom stereocenters. The van der Waals surface area contributed by atoms with Crippen molar-refractivity contribution >= 4 is 15.8 Å². The van der Waals surface area contributed by atoms with Gasteiger partial charge in [-0.3, -0.25) is 9.69 Å². The molecule has 1 heterocycles. The first-order chi connectivity index (χ1) is 9.83. The van der Waals surface area contributed by atoms with E-state index in [1.54, 1.807) is 0 Å². The van der Waals surface area contributed by atoms with E-state index in [0.717, 1.165) is 12.8 Å². The Kier molecular flexibility index (Phi) is 4.95. The second-order valence-corrected chi connectivity index (χ2v) is 8.45. The Labute approximate surface area is 127 Å². The summed E-state index contributed by atoms with van der Waals surface area (Å²) in [7, 11) is 0.521. The van der Waals surface area contributed by atoms with E-state index in [9.17, 15) is 13.2 Å². The lowest BCUT2D eigenvalue weighted by Gasteiger charge is -2.32. The quantitative estimate of drug-likeness (QED) is 0.729. The van der Waals surface area contributed by atoms with Crippen molar-refractivity contribution in [2.24, 2.45) is 0 Å². The average molecular weight is 318 g/mol. The molecule has 21 heavy (non-hydrogen) atoms. The van der Waals surface area contributed by atoms with Gasteiger partial charge in [0.05, 0.1) is 18.6 Å². The third kappa shape index (κ3) is 3.40.